The molecule has 4 heteroatoms. The Kier molecular flexibility index (Phi) is 9.29. The van der Waals surface area contributed by atoms with Crippen LogP contribution in [-0.4, -0.2) is 14.1 Å². The van der Waals surface area contributed by atoms with Crippen molar-refractivity contribution in [3.8, 4) is 73.3 Å². The lowest BCUT2D eigenvalue weighted by atomic mass is 9.96. The number of rotatable bonds is 7. The standard InChI is InChI=1S/C62H42N4/c1-40-21-25-42(26-22-40)46-29-31-59-53(33-46)50-17-9-11-19-57(50)65(59)61-38-52(48-35-55(44-13-5-3-6-14-44)64-56(36-48)45-15-7-4-8-16-45)62(37-49(61)39-63)66-58-20-12-10-18-51(58)54-34-47(30-32-60(54)66)43-27-23-41(2)24-28-43/h3-38H,1-2H3. The van der Waals surface area contributed by atoms with E-state index in [1.165, 1.54) is 22.3 Å². The summed E-state index contributed by atoms with van der Waals surface area (Å²) in [7, 11) is 0. The third-order valence-electron chi connectivity index (χ3n) is 13.1. The average molecular weight is 843 g/mol. The Morgan fingerprint density at radius 3 is 1.26 bits per heavy atom. The Labute approximate surface area is 383 Å². The Hall–Kier alpha value is -8.78. The van der Waals surface area contributed by atoms with Gasteiger partial charge in [-0.15, -0.1) is 0 Å². The minimum Gasteiger partial charge on any atom is -0.309 e. The minimum atomic E-state index is 0.571. The molecule has 0 radical (unpaired) electrons. The van der Waals surface area contributed by atoms with Crippen molar-refractivity contribution in [1.29, 1.82) is 5.26 Å². The lowest BCUT2D eigenvalue weighted by Crippen LogP contribution is -2.04. The lowest BCUT2D eigenvalue weighted by Gasteiger charge is -2.20. The third-order valence-corrected chi connectivity index (χ3v) is 13.1. The number of benzene rings is 9. The average Bonchev–Trinajstić information content (AvgIpc) is 3.89. The molecule has 9 aromatic carbocycles. The second-order valence-corrected chi connectivity index (χ2v) is 17.3. The molecule has 0 aliphatic heterocycles. The first-order chi connectivity index (χ1) is 32.5. The van der Waals surface area contributed by atoms with E-state index in [0.717, 1.165) is 99.8 Å². The van der Waals surface area contributed by atoms with Crippen LogP contribution in [0.3, 0.4) is 0 Å². The fourth-order valence-corrected chi connectivity index (χ4v) is 9.78. The van der Waals surface area contributed by atoms with E-state index in [0.29, 0.717) is 5.56 Å². The van der Waals surface area contributed by atoms with Gasteiger partial charge >= 0.3 is 0 Å². The second-order valence-electron chi connectivity index (χ2n) is 17.3. The van der Waals surface area contributed by atoms with Gasteiger partial charge in [0.15, 0.2) is 0 Å². The van der Waals surface area contributed by atoms with Gasteiger partial charge in [-0.05, 0) is 102 Å². The predicted molar refractivity (Wildman–Crippen MR) is 274 cm³/mol. The van der Waals surface area contributed by atoms with Crippen LogP contribution in [0.5, 0.6) is 0 Å². The van der Waals surface area contributed by atoms with E-state index in [1.807, 2.05) is 12.1 Å². The maximum absolute atomic E-state index is 11.4. The summed E-state index contributed by atoms with van der Waals surface area (Å²) >= 11 is 0. The Bertz CT molecular complexity index is 3810. The fraction of sp³-hybridized carbons (Fsp3) is 0.0323. The van der Waals surface area contributed by atoms with Crippen molar-refractivity contribution in [1.82, 2.24) is 14.1 Å². The molecule has 4 nitrogen and oxygen atoms in total. The van der Waals surface area contributed by atoms with Crippen LogP contribution in [0.15, 0.2) is 218 Å². The van der Waals surface area contributed by atoms with Crippen LogP contribution < -0.4 is 0 Å². The summed E-state index contributed by atoms with van der Waals surface area (Å²) in [6.07, 6.45) is 0. The van der Waals surface area contributed by atoms with Crippen LogP contribution in [0, 0.1) is 25.2 Å². The van der Waals surface area contributed by atoms with Gasteiger partial charge < -0.3 is 9.13 Å². The van der Waals surface area contributed by atoms with E-state index in [1.54, 1.807) is 0 Å². The number of hydrogen-bond donors (Lipinski definition) is 0. The Morgan fingerprint density at radius 2 is 0.773 bits per heavy atom. The summed E-state index contributed by atoms with van der Waals surface area (Å²) in [5.74, 6) is 0. The van der Waals surface area contributed by atoms with Gasteiger partial charge in [0.2, 0.25) is 0 Å². The summed E-state index contributed by atoms with van der Waals surface area (Å²) in [4.78, 5) is 5.30. The van der Waals surface area contributed by atoms with Crippen LogP contribution in [-0.2, 0) is 0 Å². The Balaban J connectivity index is 1.17. The van der Waals surface area contributed by atoms with Gasteiger partial charge in [0.1, 0.15) is 6.07 Å². The van der Waals surface area contributed by atoms with E-state index in [9.17, 15) is 5.26 Å². The number of aryl methyl sites for hydroxylation is 2. The third kappa shape index (κ3) is 6.57. The summed E-state index contributed by atoms with van der Waals surface area (Å²) in [6, 6.07) is 80.4. The molecule has 66 heavy (non-hydrogen) atoms. The molecule has 0 amide bonds. The van der Waals surface area contributed by atoms with Gasteiger partial charge in [-0.1, -0.05) is 169 Å². The van der Waals surface area contributed by atoms with Crippen LogP contribution >= 0.6 is 0 Å². The smallest absolute Gasteiger partial charge is 0.101 e. The van der Waals surface area contributed by atoms with E-state index in [4.69, 9.17) is 4.98 Å². The maximum Gasteiger partial charge on any atom is 0.101 e. The van der Waals surface area contributed by atoms with Gasteiger partial charge in [0, 0.05) is 38.2 Å². The largest absolute Gasteiger partial charge is 0.309 e. The molecule has 3 heterocycles. The van der Waals surface area contributed by atoms with Crippen molar-refractivity contribution in [2.24, 2.45) is 0 Å². The fourth-order valence-electron chi connectivity index (χ4n) is 9.78. The summed E-state index contributed by atoms with van der Waals surface area (Å²) < 4.78 is 4.64. The molecule has 12 aromatic rings. The van der Waals surface area contributed by atoms with Gasteiger partial charge in [-0.2, -0.15) is 5.26 Å². The van der Waals surface area contributed by atoms with Crippen LogP contribution in [0.2, 0.25) is 0 Å². The Morgan fingerprint density at radius 1 is 0.348 bits per heavy atom. The number of nitriles is 1. The molecular weight excluding hydrogens is 801 g/mol. The molecule has 0 saturated heterocycles. The maximum atomic E-state index is 11.4. The van der Waals surface area contributed by atoms with Crippen molar-refractivity contribution < 1.29 is 0 Å². The van der Waals surface area contributed by atoms with Crippen LogP contribution in [0.1, 0.15) is 16.7 Å². The molecule has 0 atom stereocenters. The summed E-state index contributed by atoms with van der Waals surface area (Å²) in [5.41, 5.74) is 19.4. The topological polar surface area (TPSA) is 46.5 Å². The molecule has 0 bridgehead atoms. The highest BCUT2D eigenvalue weighted by Gasteiger charge is 2.23. The van der Waals surface area contributed by atoms with E-state index in [2.05, 4.69) is 235 Å². The van der Waals surface area contributed by atoms with Gasteiger partial charge in [-0.3, -0.25) is 0 Å². The molecule has 0 unspecified atom stereocenters. The molecule has 0 spiro atoms. The van der Waals surface area contributed by atoms with E-state index in [-0.39, 0.29) is 0 Å². The van der Waals surface area contributed by atoms with E-state index < -0.39 is 0 Å². The summed E-state index contributed by atoms with van der Waals surface area (Å²) in [6.45, 7) is 4.24. The van der Waals surface area contributed by atoms with Gasteiger partial charge in [-0.25, -0.2) is 4.98 Å². The zero-order valence-electron chi connectivity index (χ0n) is 36.6. The molecule has 0 fully saturated rings. The first-order valence-corrected chi connectivity index (χ1v) is 22.4. The molecule has 0 saturated carbocycles. The van der Waals surface area contributed by atoms with Gasteiger partial charge in [0.05, 0.1) is 50.4 Å². The SMILES string of the molecule is Cc1ccc(-c2ccc3c(c2)c2ccccc2n3-c2cc(-c3cc(-c4ccccc4)nc(-c4ccccc4)c3)c(-n3c4ccccc4c4cc(-c5ccc(C)cc5)ccc43)cc2C#N)cc1. The summed E-state index contributed by atoms with van der Waals surface area (Å²) in [5, 5.41) is 15.9. The molecule has 12 rings (SSSR count). The van der Waals surface area contributed by atoms with E-state index >= 15 is 0 Å². The highest BCUT2D eigenvalue weighted by Crippen LogP contribution is 2.43. The second kappa shape index (κ2) is 15.8. The predicted octanol–water partition coefficient (Wildman–Crippen LogP) is 16.1. The highest BCUT2D eigenvalue weighted by molar-refractivity contribution is 6.12. The van der Waals surface area contributed by atoms with Gasteiger partial charge in [0.25, 0.3) is 0 Å². The van der Waals surface area contributed by atoms with Crippen molar-refractivity contribution >= 4 is 43.6 Å². The number of fused-ring (bicyclic) bond motifs is 6. The monoisotopic (exact) mass is 842 g/mol. The molecule has 0 aliphatic rings. The highest BCUT2D eigenvalue weighted by atomic mass is 15.0. The normalized spacial score (nSPS) is 11.5. The first-order valence-electron chi connectivity index (χ1n) is 22.4. The quantitative estimate of drug-likeness (QED) is 0.160. The molecule has 3 aromatic heterocycles. The number of pyridine rings is 1. The molecule has 0 aliphatic carbocycles. The molecule has 0 N–H and O–H groups in total. The number of aromatic nitrogens is 3. The van der Waals surface area contributed by atoms with Crippen molar-refractivity contribution in [2.75, 3.05) is 0 Å². The van der Waals surface area contributed by atoms with Crippen LogP contribution in [0.25, 0.3) is 111 Å². The lowest BCUT2D eigenvalue weighted by molar-refractivity contribution is 1.13. The van der Waals surface area contributed by atoms with Crippen molar-refractivity contribution in [2.45, 2.75) is 13.8 Å². The van der Waals surface area contributed by atoms with Crippen molar-refractivity contribution in [3.63, 3.8) is 0 Å². The van der Waals surface area contributed by atoms with Crippen LogP contribution in [0.4, 0.5) is 0 Å². The number of hydrogen-bond acceptors (Lipinski definition) is 2. The van der Waals surface area contributed by atoms with Crippen molar-refractivity contribution in [3.05, 3.63) is 235 Å². The molecule has 310 valence electrons. The number of nitrogens with zero attached hydrogens (tertiary/aromatic N) is 4. The zero-order chi connectivity index (χ0) is 44.3. The zero-order valence-corrected chi connectivity index (χ0v) is 36.6. The molecular formula is C62H42N4. The number of para-hydroxylation sites is 2. The minimum absolute atomic E-state index is 0.571. The first kappa shape index (κ1) is 38.9.